The Hall–Kier alpha value is -2.72. The van der Waals surface area contributed by atoms with E-state index in [0.29, 0.717) is 37.3 Å². The van der Waals surface area contributed by atoms with Crippen LogP contribution >= 0.6 is 0 Å². The Morgan fingerprint density at radius 2 is 1.90 bits per heavy atom. The number of carbonyl (C=O) groups is 2. The van der Waals surface area contributed by atoms with Crippen molar-refractivity contribution in [1.82, 2.24) is 19.4 Å². The summed E-state index contributed by atoms with van der Waals surface area (Å²) in [5, 5.41) is 6.68. The lowest BCUT2D eigenvalue weighted by atomic mass is 9.96. The maximum absolute atomic E-state index is 13.1. The quantitative estimate of drug-likeness (QED) is 0.684. The number of nitrogens with two attached hydrogens (primary N) is 1. The van der Waals surface area contributed by atoms with Crippen molar-refractivity contribution < 1.29 is 18.0 Å². The molecule has 0 aliphatic carbocycles. The molecule has 1 atom stereocenters. The van der Waals surface area contributed by atoms with E-state index < -0.39 is 15.9 Å². The van der Waals surface area contributed by atoms with Crippen molar-refractivity contribution in [2.24, 2.45) is 5.73 Å². The molecule has 1 aromatic heterocycles. The van der Waals surface area contributed by atoms with E-state index >= 15 is 0 Å². The zero-order valence-corrected chi connectivity index (χ0v) is 18.0. The van der Waals surface area contributed by atoms with Crippen molar-refractivity contribution in [1.29, 1.82) is 0 Å². The molecule has 1 fully saturated rings. The fourth-order valence-corrected chi connectivity index (χ4v) is 5.22. The van der Waals surface area contributed by atoms with Crippen LogP contribution in [0.1, 0.15) is 59.1 Å². The Labute approximate surface area is 176 Å². The Balaban J connectivity index is 1.77. The average Bonchev–Trinajstić information content (AvgIpc) is 3.25. The molecule has 1 aliphatic rings. The molecule has 2 amide bonds. The van der Waals surface area contributed by atoms with E-state index in [1.165, 1.54) is 16.4 Å². The molecule has 0 radical (unpaired) electrons. The number of nitrogens with zero attached hydrogens (tertiary/aromatic N) is 3. The number of aromatic amines is 1. The van der Waals surface area contributed by atoms with Crippen molar-refractivity contribution in [3.05, 3.63) is 47.3 Å². The normalized spacial score (nSPS) is 17.6. The lowest BCUT2D eigenvalue weighted by molar-refractivity contribution is 0.0772. The maximum atomic E-state index is 13.1. The molecular formula is C20H27N5O4S. The molecule has 3 N–H and O–H groups in total. The van der Waals surface area contributed by atoms with Gasteiger partial charge in [-0.3, -0.25) is 14.7 Å². The topological polar surface area (TPSA) is 129 Å². The third-order valence-corrected chi connectivity index (χ3v) is 7.34. The van der Waals surface area contributed by atoms with Crippen molar-refractivity contribution >= 4 is 21.8 Å². The second kappa shape index (κ2) is 8.97. The molecule has 0 bridgehead atoms. The van der Waals surface area contributed by atoms with Gasteiger partial charge in [-0.1, -0.05) is 0 Å². The monoisotopic (exact) mass is 433 g/mol. The summed E-state index contributed by atoms with van der Waals surface area (Å²) < 4.78 is 27.7. The third kappa shape index (κ3) is 4.39. The first kappa shape index (κ1) is 22.0. The van der Waals surface area contributed by atoms with Crippen LogP contribution in [0.3, 0.4) is 0 Å². The van der Waals surface area contributed by atoms with Gasteiger partial charge in [-0.15, -0.1) is 0 Å². The van der Waals surface area contributed by atoms with Crippen molar-refractivity contribution in [2.45, 2.75) is 37.5 Å². The summed E-state index contributed by atoms with van der Waals surface area (Å²) in [6, 6.07) is 7.66. The Kier molecular flexibility index (Phi) is 6.57. The highest BCUT2D eigenvalue weighted by Gasteiger charge is 2.32. The highest BCUT2D eigenvalue weighted by atomic mass is 32.2. The van der Waals surface area contributed by atoms with Crippen LogP contribution in [0, 0.1) is 0 Å². The second-order valence-corrected chi connectivity index (χ2v) is 9.21. The molecule has 1 saturated heterocycles. The molecule has 2 heterocycles. The molecule has 3 rings (SSSR count). The van der Waals surface area contributed by atoms with Crippen molar-refractivity contribution in [2.75, 3.05) is 26.2 Å². The molecular weight excluding hydrogens is 406 g/mol. The van der Waals surface area contributed by atoms with Gasteiger partial charge in [-0.05, 0) is 57.0 Å². The van der Waals surface area contributed by atoms with E-state index in [4.69, 9.17) is 5.73 Å². The fraction of sp³-hybridized carbons (Fsp3) is 0.450. The summed E-state index contributed by atoms with van der Waals surface area (Å²) in [4.78, 5) is 25.5. The lowest BCUT2D eigenvalue weighted by Gasteiger charge is -2.31. The van der Waals surface area contributed by atoms with Crippen molar-refractivity contribution in [3.8, 4) is 0 Å². The lowest BCUT2D eigenvalue weighted by Crippen LogP contribution is -2.39. The van der Waals surface area contributed by atoms with Crippen LogP contribution in [0.5, 0.6) is 0 Å². The molecule has 1 aliphatic heterocycles. The van der Waals surface area contributed by atoms with Crippen LogP contribution in [-0.2, 0) is 10.0 Å². The summed E-state index contributed by atoms with van der Waals surface area (Å²) in [6.45, 7) is 5.68. The SMILES string of the molecule is CCN(CC)C(=O)c1ccc(S(=O)(=O)N2CCCC(c3cc(C(N)=O)n[nH]3)C2)cc1. The molecule has 1 aromatic carbocycles. The standard InChI is InChI=1S/C20H27N5O4S/c1-3-24(4-2)20(27)14-7-9-16(10-8-14)30(28,29)25-11-5-6-15(13-25)17-12-18(19(21)26)23-22-17/h7-10,12,15H,3-6,11,13H2,1-2H3,(H2,21,26)(H,22,23). The number of benzene rings is 1. The second-order valence-electron chi connectivity index (χ2n) is 7.28. The van der Waals surface area contributed by atoms with Crippen molar-refractivity contribution in [3.63, 3.8) is 0 Å². The number of hydrogen-bond acceptors (Lipinski definition) is 5. The minimum Gasteiger partial charge on any atom is -0.364 e. The minimum absolute atomic E-state index is 0.0994. The number of piperidine rings is 1. The van der Waals surface area contributed by atoms with E-state index in [9.17, 15) is 18.0 Å². The van der Waals surface area contributed by atoms with Gasteiger partial charge < -0.3 is 10.6 Å². The van der Waals surface area contributed by atoms with Gasteiger partial charge in [0.15, 0.2) is 0 Å². The largest absolute Gasteiger partial charge is 0.364 e. The fourth-order valence-electron chi connectivity index (χ4n) is 3.70. The van der Waals surface area contributed by atoms with E-state index in [-0.39, 0.29) is 29.0 Å². The Bertz CT molecular complexity index is 1010. The molecule has 2 aromatic rings. The molecule has 1 unspecified atom stereocenters. The molecule has 0 saturated carbocycles. The number of H-pyrrole nitrogens is 1. The smallest absolute Gasteiger partial charge is 0.269 e. The highest BCUT2D eigenvalue weighted by molar-refractivity contribution is 7.89. The first-order chi connectivity index (χ1) is 14.3. The van der Waals surface area contributed by atoms with E-state index in [1.54, 1.807) is 23.1 Å². The number of amides is 2. The number of carbonyl (C=O) groups excluding carboxylic acids is 2. The Morgan fingerprint density at radius 3 is 2.47 bits per heavy atom. The third-order valence-electron chi connectivity index (χ3n) is 5.46. The predicted octanol–water partition coefficient (Wildman–Crippen LogP) is 1.56. The van der Waals surface area contributed by atoms with Crippen LogP contribution in [-0.4, -0.2) is 65.8 Å². The number of primary amides is 1. The number of sulfonamides is 1. The van der Waals surface area contributed by atoms with E-state index in [1.807, 2.05) is 13.8 Å². The molecule has 30 heavy (non-hydrogen) atoms. The molecule has 10 heteroatoms. The van der Waals surface area contributed by atoms with E-state index in [0.717, 1.165) is 6.42 Å². The average molecular weight is 434 g/mol. The zero-order chi connectivity index (χ0) is 21.9. The van der Waals surface area contributed by atoms with Crippen LogP contribution in [0.15, 0.2) is 35.2 Å². The van der Waals surface area contributed by atoms with Gasteiger partial charge in [-0.25, -0.2) is 8.42 Å². The van der Waals surface area contributed by atoms with Gasteiger partial charge >= 0.3 is 0 Å². The Morgan fingerprint density at radius 1 is 1.23 bits per heavy atom. The van der Waals surface area contributed by atoms with Gasteiger partial charge in [0.2, 0.25) is 10.0 Å². The highest BCUT2D eigenvalue weighted by Crippen LogP contribution is 2.29. The van der Waals surface area contributed by atoms with Crippen LogP contribution in [0.25, 0.3) is 0 Å². The number of nitrogens with one attached hydrogen (secondary N) is 1. The first-order valence-electron chi connectivity index (χ1n) is 10.0. The van der Waals surface area contributed by atoms with Crippen LogP contribution < -0.4 is 5.73 Å². The summed E-state index contributed by atoms with van der Waals surface area (Å²) in [7, 11) is -3.70. The summed E-state index contributed by atoms with van der Waals surface area (Å²) in [5.74, 6) is -0.846. The number of aromatic nitrogens is 2. The first-order valence-corrected chi connectivity index (χ1v) is 11.5. The van der Waals surface area contributed by atoms with Gasteiger partial charge in [0, 0.05) is 43.4 Å². The predicted molar refractivity (Wildman–Crippen MR) is 112 cm³/mol. The van der Waals surface area contributed by atoms with Crippen LogP contribution in [0.4, 0.5) is 0 Å². The summed E-state index contributed by atoms with van der Waals surface area (Å²) in [6.07, 6.45) is 1.47. The van der Waals surface area contributed by atoms with Gasteiger partial charge in [0.1, 0.15) is 5.69 Å². The zero-order valence-electron chi connectivity index (χ0n) is 17.2. The van der Waals surface area contributed by atoms with Gasteiger partial charge in [0.05, 0.1) is 4.90 Å². The summed E-state index contributed by atoms with van der Waals surface area (Å²) >= 11 is 0. The van der Waals surface area contributed by atoms with Gasteiger partial charge in [0.25, 0.3) is 11.8 Å². The maximum Gasteiger partial charge on any atom is 0.269 e. The number of hydrogen-bond donors (Lipinski definition) is 2. The molecule has 0 spiro atoms. The van der Waals surface area contributed by atoms with Crippen LogP contribution in [0.2, 0.25) is 0 Å². The summed E-state index contributed by atoms with van der Waals surface area (Å²) in [5.41, 5.74) is 6.54. The van der Waals surface area contributed by atoms with E-state index in [2.05, 4.69) is 10.2 Å². The molecule has 162 valence electrons. The molecule has 9 nitrogen and oxygen atoms in total. The number of rotatable bonds is 7. The minimum atomic E-state index is -3.70. The van der Waals surface area contributed by atoms with Gasteiger partial charge in [-0.2, -0.15) is 9.40 Å².